The van der Waals surface area contributed by atoms with E-state index in [-0.39, 0.29) is 6.61 Å². The minimum Gasteiger partial charge on any atom is -0.508 e. The number of hydrogen-bond acceptors (Lipinski definition) is 4. The maximum atomic E-state index is 9.45. The lowest BCUT2D eigenvalue weighted by atomic mass is 10.2. The number of benzene rings is 1. The summed E-state index contributed by atoms with van der Waals surface area (Å²) in [5, 5.41) is 18.2. The number of anilines is 1. The second kappa shape index (κ2) is 5.89. The Kier molecular flexibility index (Phi) is 4.23. The number of rotatable bonds is 4. The zero-order valence-electron chi connectivity index (χ0n) is 10.0. The Hall–Kier alpha value is -1.26. The Balaban J connectivity index is 1.86. The molecule has 0 amide bonds. The lowest BCUT2D eigenvalue weighted by Crippen LogP contribution is -2.46. The van der Waals surface area contributed by atoms with Crippen LogP contribution in [-0.2, 0) is 0 Å². The third-order valence-electron chi connectivity index (χ3n) is 3.20. The highest BCUT2D eigenvalue weighted by atomic mass is 16.3. The molecule has 2 N–H and O–H groups in total. The van der Waals surface area contributed by atoms with Crippen LogP contribution in [0.2, 0.25) is 0 Å². The van der Waals surface area contributed by atoms with Gasteiger partial charge < -0.3 is 15.1 Å². The van der Waals surface area contributed by atoms with Crippen molar-refractivity contribution in [3.05, 3.63) is 24.3 Å². The predicted molar refractivity (Wildman–Crippen MR) is 68.5 cm³/mol. The molecule has 0 bridgehead atoms. The predicted octanol–water partition coefficient (Wildman–Crippen LogP) is 0.897. The van der Waals surface area contributed by atoms with Crippen molar-refractivity contribution < 1.29 is 10.2 Å². The lowest BCUT2D eigenvalue weighted by molar-refractivity contribution is 0.216. The van der Waals surface area contributed by atoms with Crippen molar-refractivity contribution in [2.45, 2.75) is 6.42 Å². The van der Waals surface area contributed by atoms with Gasteiger partial charge in [0.1, 0.15) is 5.75 Å². The molecule has 1 fully saturated rings. The van der Waals surface area contributed by atoms with Crippen LogP contribution in [-0.4, -0.2) is 54.4 Å². The molecule has 1 aromatic carbocycles. The highest BCUT2D eigenvalue weighted by Crippen LogP contribution is 2.21. The Morgan fingerprint density at radius 3 is 2.53 bits per heavy atom. The van der Waals surface area contributed by atoms with Gasteiger partial charge in [0.05, 0.1) is 0 Å². The molecule has 4 nitrogen and oxygen atoms in total. The number of aromatic hydroxyl groups is 1. The minimum atomic E-state index is 0.271. The highest BCUT2D eigenvalue weighted by Gasteiger charge is 2.16. The van der Waals surface area contributed by atoms with E-state index in [1.807, 2.05) is 18.2 Å². The molecule has 1 saturated heterocycles. The first-order chi connectivity index (χ1) is 8.29. The smallest absolute Gasteiger partial charge is 0.117 e. The average Bonchev–Trinajstić information content (AvgIpc) is 2.37. The maximum Gasteiger partial charge on any atom is 0.117 e. The summed E-state index contributed by atoms with van der Waals surface area (Å²) in [6.45, 7) is 5.26. The van der Waals surface area contributed by atoms with Crippen LogP contribution in [0.15, 0.2) is 24.3 Å². The average molecular weight is 236 g/mol. The number of aliphatic hydroxyl groups excluding tert-OH is 1. The Morgan fingerprint density at radius 2 is 1.88 bits per heavy atom. The van der Waals surface area contributed by atoms with Crippen LogP contribution >= 0.6 is 0 Å². The van der Waals surface area contributed by atoms with Crippen molar-refractivity contribution in [3.8, 4) is 5.75 Å². The Morgan fingerprint density at radius 1 is 1.12 bits per heavy atom. The van der Waals surface area contributed by atoms with Crippen molar-refractivity contribution in [1.82, 2.24) is 4.90 Å². The molecule has 0 aliphatic carbocycles. The van der Waals surface area contributed by atoms with Crippen LogP contribution in [0, 0.1) is 0 Å². The molecule has 1 heterocycles. The number of aliphatic hydroxyl groups is 1. The molecule has 94 valence electrons. The molecule has 4 heteroatoms. The van der Waals surface area contributed by atoms with Crippen LogP contribution in [0.25, 0.3) is 0 Å². The van der Waals surface area contributed by atoms with Gasteiger partial charge in [-0.1, -0.05) is 6.07 Å². The first kappa shape index (κ1) is 12.2. The highest BCUT2D eigenvalue weighted by molar-refractivity contribution is 5.50. The van der Waals surface area contributed by atoms with Crippen LogP contribution in [0.4, 0.5) is 5.69 Å². The van der Waals surface area contributed by atoms with Gasteiger partial charge in [0.15, 0.2) is 0 Å². The molecule has 17 heavy (non-hydrogen) atoms. The second-order valence-electron chi connectivity index (χ2n) is 4.43. The minimum absolute atomic E-state index is 0.271. The molecular formula is C13H20N2O2. The number of phenolic OH excluding ortho intramolecular Hbond substituents is 1. The molecule has 1 aromatic rings. The van der Waals surface area contributed by atoms with Gasteiger partial charge in [-0.05, 0) is 18.6 Å². The number of nitrogens with zero attached hydrogens (tertiary/aromatic N) is 2. The quantitative estimate of drug-likeness (QED) is 0.815. The third-order valence-corrected chi connectivity index (χ3v) is 3.20. The van der Waals surface area contributed by atoms with E-state index < -0.39 is 0 Å². The molecule has 1 aliphatic rings. The van der Waals surface area contributed by atoms with Crippen LogP contribution in [0.3, 0.4) is 0 Å². The van der Waals surface area contributed by atoms with Crippen molar-refractivity contribution in [1.29, 1.82) is 0 Å². The van der Waals surface area contributed by atoms with Crippen LogP contribution < -0.4 is 4.90 Å². The molecule has 0 aromatic heterocycles. The van der Waals surface area contributed by atoms with Gasteiger partial charge in [0.2, 0.25) is 0 Å². The monoisotopic (exact) mass is 236 g/mol. The summed E-state index contributed by atoms with van der Waals surface area (Å²) in [4.78, 5) is 4.66. The van der Waals surface area contributed by atoms with Crippen molar-refractivity contribution >= 4 is 5.69 Å². The fourth-order valence-electron chi connectivity index (χ4n) is 2.21. The summed E-state index contributed by atoms with van der Waals surface area (Å²) in [5.41, 5.74) is 1.09. The van der Waals surface area contributed by atoms with E-state index in [1.54, 1.807) is 6.07 Å². The van der Waals surface area contributed by atoms with Gasteiger partial charge in [0, 0.05) is 51.1 Å². The van der Waals surface area contributed by atoms with Crippen LogP contribution in [0.5, 0.6) is 5.75 Å². The summed E-state index contributed by atoms with van der Waals surface area (Å²) in [5.74, 6) is 0.324. The molecule has 0 saturated carbocycles. The van der Waals surface area contributed by atoms with E-state index in [4.69, 9.17) is 5.11 Å². The Bertz CT molecular complexity index is 349. The normalized spacial score (nSPS) is 17.4. The van der Waals surface area contributed by atoms with E-state index in [0.717, 1.165) is 44.8 Å². The zero-order valence-corrected chi connectivity index (χ0v) is 10.0. The molecule has 2 rings (SSSR count). The van der Waals surface area contributed by atoms with E-state index in [0.29, 0.717) is 5.75 Å². The van der Waals surface area contributed by atoms with Crippen LogP contribution in [0.1, 0.15) is 6.42 Å². The first-order valence-electron chi connectivity index (χ1n) is 6.17. The van der Waals surface area contributed by atoms with Gasteiger partial charge in [-0.3, -0.25) is 4.90 Å². The number of hydrogen-bond donors (Lipinski definition) is 2. The molecule has 0 unspecified atom stereocenters. The molecule has 0 atom stereocenters. The van der Waals surface area contributed by atoms with E-state index in [1.165, 1.54) is 0 Å². The molecule has 0 radical (unpaired) electrons. The van der Waals surface area contributed by atoms with Gasteiger partial charge in [0.25, 0.3) is 0 Å². The third kappa shape index (κ3) is 3.35. The molecule has 0 spiro atoms. The zero-order chi connectivity index (χ0) is 12.1. The topological polar surface area (TPSA) is 46.9 Å². The summed E-state index contributed by atoms with van der Waals surface area (Å²) in [7, 11) is 0. The van der Waals surface area contributed by atoms with Gasteiger partial charge in [-0.15, -0.1) is 0 Å². The lowest BCUT2D eigenvalue weighted by Gasteiger charge is -2.36. The largest absolute Gasteiger partial charge is 0.508 e. The fourth-order valence-corrected chi connectivity index (χ4v) is 2.21. The Labute approximate surface area is 102 Å². The van der Waals surface area contributed by atoms with Crippen molar-refractivity contribution in [2.24, 2.45) is 0 Å². The van der Waals surface area contributed by atoms with Gasteiger partial charge >= 0.3 is 0 Å². The number of phenols is 1. The standard InChI is InChI=1S/C13H20N2O2/c16-10-2-5-14-6-8-15(9-7-14)12-3-1-4-13(17)11-12/h1,3-4,11,16-17H,2,5-10H2. The van der Waals surface area contributed by atoms with Crippen molar-refractivity contribution in [3.63, 3.8) is 0 Å². The van der Waals surface area contributed by atoms with Crippen molar-refractivity contribution in [2.75, 3.05) is 44.2 Å². The maximum absolute atomic E-state index is 9.45. The first-order valence-corrected chi connectivity index (χ1v) is 6.17. The van der Waals surface area contributed by atoms with Gasteiger partial charge in [-0.2, -0.15) is 0 Å². The summed E-state index contributed by atoms with van der Waals surface area (Å²) in [6.07, 6.45) is 0.853. The second-order valence-corrected chi connectivity index (χ2v) is 4.43. The molecule has 1 aliphatic heterocycles. The van der Waals surface area contributed by atoms with E-state index in [9.17, 15) is 5.11 Å². The van der Waals surface area contributed by atoms with E-state index >= 15 is 0 Å². The summed E-state index contributed by atoms with van der Waals surface area (Å²) < 4.78 is 0. The van der Waals surface area contributed by atoms with Gasteiger partial charge in [-0.25, -0.2) is 0 Å². The SMILES string of the molecule is OCCCN1CCN(c2cccc(O)c2)CC1. The summed E-state index contributed by atoms with van der Waals surface area (Å²) in [6, 6.07) is 7.41. The van der Waals surface area contributed by atoms with E-state index in [2.05, 4.69) is 9.80 Å². The molecular weight excluding hydrogens is 216 g/mol. The number of piperazine rings is 1. The fraction of sp³-hybridized carbons (Fsp3) is 0.538. The summed E-state index contributed by atoms with van der Waals surface area (Å²) >= 11 is 0.